The van der Waals surface area contributed by atoms with Crippen molar-refractivity contribution < 1.29 is 0 Å². The number of rotatable bonds is 3. The first-order chi connectivity index (χ1) is 12.2. The first-order valence-corrected chi connectivity index (χ1v) is 10.1. The van der Waals surface area contributed by atoms with E-state index in [2.05, 4.69) is 16.0 Å². The van der Waals surface area contributed by atoms with Crippen LogP contribution in [-0.2, 0) is 0 Å². The van der Waals surface area contributed by atoms with Crippen LogP contribution in [0, 0.1) is 18.8 Å². The zero-order valence-corrected chi connectivity index (χ0v) is 15.8. The fraction of sp³-hybridized carbons (Fsp3) is 0.636. The second-order valence-corrected chi connectivity index (χ2v) is 8.83. The van der Waals surface area contributed by atoms with Crippen LogP contribution in [0.15, 0.2) is 29.1 Å². The average Bonchev–Trinajstić information content (AvgIpc) is 3.11. The lowest BCUT2D eigenvalue weighted by Crippen LogP contribution is -2.43. The second kappa shape index (κ2) is 6.88. The zero-order valence-electron chi connectivity index (χ0n) is 15.8. The van der Waals surface area contributed by atoms with Gasteiger partial charge in [0.15, 0.2) is 0 Å². The number of hydrogen-bond donors (Lipinski definition) is 1. The standard InChI is InChI=1S/C21H29N3O.CH2/c25-20-22-18-5-1-2-6-19(18)24(20)17-8-12-23(13-9-17)15-21-10-3-4-16(14-21)7-11-21;/h1-2,5-6,16-17H,3-4,7-15H2,(H,22,25);1H2. The van der Waals surface area contributed by atoms with Crippen LogP contribution in [0.4, 0.5) is 0 Å². The molecule has 5 rings (SSSR count). The van der Waals surface area contributed by atoms with Crippen LogP contribution in [0.5, 0.6) is 0 Å². The Morgan fingerprint density at radius 1 is 1.08 bits per heavy atom. The van der Waals surface area contributed by atoms with Gasteiger partial charge in [0.05, 0.1) is 11.0 Å². The summed E-state index contributed by atoms with van der Waals surface area (Å²) >= 11 is 0. The fourth-order valence-electron chi connectivity index (χ4n) is 6.04. The third-order valence-corrected chi connectivity index (χ3v) is 7.23. The van der Waals surface area contributed by atoms with Crippen molar-refractivity contribution in [3.63, 3.8) is 0 Å². The highest BCUT2D eigenvalue weighted by Crippen LogP contribution is 2.51. The van der Waals surface area contributed by atoms with E-state index >= 15 is 0 Å². The monoisotopic (exact) mass is 353 g/mol. The molecule has 140 valence electrons. The summed E-state index contributed by atoms with van der Waals surface area (Å²) in [6.45, 7) is 3.59. The van der Waals surface area contributed by atoms with Gasteiger partial charge in [0, 0.05) is 25.7 Å². The van der Waals surface area contributed by atoms with E-state index in [1.165, 1.54) is 45.1 Å². The summed E-state index contributed by atoms with van der Waals surface area (Å²) in [4.78, 5) is 18.1. The zero-order chi connectivity index (χ0) is 16.9. The average molecular weight is 354 g/mol. The van der Waals surface area contributed by atoms with E-state index in [9.17, 15) is 4.79 Å². The molecule has 26 heavy (non-hydrogen) atoms. The molecule has 3 fully saturated rings. The molecular weight excluding hydrogens is 322 g/mol. The van der Waals surface area contributed by atoms with Gasteiger partial charge < -0.3 is 9.88 Å². The number of likely N-dealkylation sites (tertiary alicyclic amines) is 1. The minimum absolute atomic E-state index is 0. The van der Waals surface area contributed by atoms with E-state index in [1.54, 1.807) is 0 Å². The van der Waals surface area contributed by atoms with Crippen molar-refractivity contribution in [2.45, 2.75) is 57.4 Å². The normalized spacial score (nSPS) is 29.8. The first kappa shape index (κ1) is 17.8. The van der Waals surface area contributed by atoms with Crippen molar-refractivity contribution in [3.8, 4) is 0 Å². The van der Waals surface area contributed by atoms with Crippen molar-refractivity contribution in [2.24, 2.45) is 11.3 Å². The van der Waals surface area contributed by atoms with Gasteiger partial charge in [-0.1, -0.05) is 32.4 Å². The highest BCUT2D eigenvalue weighted by molar-refractivity contribution is 5.75. The van der Waals surface area contributed by atoms with E-state index < -0.39 is 0 Å². The number of aromatic nitrogens is 2. The van der Waals surface area contributed by atoms with Gasteiger partial charge in [0.2, 0.25) is 0 Å². The molecule has 4 heteroatoms. The molecule has 1 aromatic carbocycles. The molecule has 2 atom stereocenters. The predicted octanol–water partition coefficient (Wildman–Crippen LogP) is 4.26. The van der Waals surface area contributed by atoms with E-state index in [4.69, 9.17) is 0 Å². The predicted molar refractivity (Wildman–Crippen MR) is 106 cm³/mol. The van der Waals surface area contributed by atoms with E-state index in [0.29, 0.717) is 11.5 Å². The van der Waals surface area contributed by atoms with Gasteiger partial charge in [-0.05, 0) is 62.0 Å². The van der Waals surface area contributed by atoms with Crippen LogP contribution >= 0.6 is 0 Å². The molecular formula is C22H31N3O. The number of hydrogen-bond acceptors (Lipinski definition) is 2. The number of piperidine rings is 1. The third kappa shape index (κ3) is 3.02. The van der Waals surface area contributed by atoms with Crippen LogP contribution in [0.1, 0.15) is 57.4 Å². The van der Waals surface area contributed by atoms with Crippen LogP contribution < -0.4 is 5.69 Å². The molecule has 2 aromatic rings. The Hall–Kier alpha value is -1.55. The number of nitrogens with one attached hydrogen (secondary N) is 1. The van der Waals surface area contributed by atoms with Gasteiger partial charge in [0.1, 0.15) is 0 Å². The maximum Gasteiger partial charge on any atom is 0.326 e. The lowest BCUT2D eigenvalue weighted by Gasteiger charge is -2.41. The smallest absolute Gasteiger partial charge is 0.306 e. The summed E-state index contributed by atoms with van der Waals surface area (Å²) in [5.74, 6) is 1.02. The second-order valence-electron chi connectivity index (χ2n) is 8.83. The Morgan fingerprint density at radius 3 is 2.73 bits per heavy atom. The molecule has 0 amide bonds. The molecule has 2 bridgehead atoms. The first-order valence-electron chi connectivity index (χ1n) is 10.1. The molecule has 2 saturated carbocycles. The van der Waals surface area contributed by atoms with E-state index in [0.717, 1.165) is 42.9 Å². The Bertz CT molecular complexity index is 810. The summed E-state index contributed by atoms with van der Waals surface area (Å²) < 4.78 is 2.01. The Morgan fingerprint density at radius 2 is 1.88 bits per heavy atom. The highest BCUT2D eigenvalue weighted by Gasteiger charge is 2.43. The molecule has 1 saturated heterocycles. The summed E-state index contributed by atoms with van der Waals surface area (Å²) in [6.07, 6.45) is 11.0. The largest absolute Gasteiger partial charge is 0.326 e. The van der Waals surface area contributed by atoms with Crippen LogP contribution in [0.2, 0.25) is 0 Å². The number of nitrogens with zero attached hydrogens (tertiary/aromatic N) is 2. The summed E-state index contributed by atoms with van der Waals surface area (Å²) in [5, 5.41) is 0. The minimum atomic E-state index is 0. The number of fused-ring (bicyclic) bond motifs is 3. The Balaban J connectivity index is 0.00000168. The molecule has 4 nitrogen and oxygen atoms in total. The highest BCUT2D eigenvalue weighted by atomic mass is 16.1. The number of imidazole rings is 1. The van der Waals surface area contributed by atoms with Gasteiger partial charge in [-0.3, -0.25) is 4.57 Å². The number of aromatic amines is 1. The summed E-state index contributed by atoms with van der Waals surface area (Å²) in [5.41, 5.74) is 2.72. The van der Waals surface area contributed by atoms with Gasteiger partial charge in [-0.15, -0.1) is 0 Å². The molecule has 2 heterocycles. The number of benzene rings is 1. The Labute approximate surface area is 156 Å². The number of para-hydroxylation sites is 2. The summed E-state index contributed by atoms with van der Waals surface area (Å²) in [7, 11) is 0. The lowest BCUT2D eigenvalue weighted by molar-refractivity contribution is 0.0914. The van der Waals surface area contributed by atoms with Crippen LogP contribution in [0.25, 0.3) is 11.0 Å². The quantitative estimate of drug-likeness (QED) is 0.895. The SMILES string of the molecule is O=c1[nH]c2ccccc2n1C1CCN(CC23CCCC(CC2)C3)CC1.[CH2]. The van der Waals surface area contributed by atoms with Crippen molar-refractivity contribution >= 4 is 11.0 Å². The summed E-state index contributed by atoms with van der Waals surface area (Å²) in [6, 6.07) is 8.43. The van der Waals surface area contributed by atoms with Gasteiger partial charge in [-0.2, -0.15) is 0 Å². The molecule has 2 aliphatic carbocycles. The lowest BCUT2D eigenvalue weighted by atomic mass is 9.75. The molecule has 0 spiro atoms. The molecule has 2 unspecified atom stereocenters. The molecule has 2 radical (unpaired) electrons. The van der Waals surface area contributed by atoms with Gasteiger partial charge in [0.25, 0.3) is 0 Å². The molecule has 3 aliphatic rings. The van der Waals surface area contributed by atoms with Crippen molar-refractivity contribution in [1.29, 1.82) is 0 Å². The molecule has 1 aliphatic heterocycles. The van der Waals surface area contributed by atoms with Gasteiger partial charge in [-0.25, -0.2) is 4.79 Å². The van der Waals surface area contributed by atoms with Crippen molar-refractivity contribution in [2.75, 3.05) is 19.6 Å². The minimum Gasteiger partial charge on any atom is -0.306 e. The number of H-pyrrole nitrogens is 1. The van der Waals surface area contributed by atoms with Crippen LogP contribution in [0.3, 0.4) is 0 Å². The van der Waals surface area contributed by atoms with E-state index in [1.807, 2.05) is 22.8 Å². The van der Waals surface area contributed by atoms with Crippen molar-refractivity contribution in [1.82, 2.24) is 14.5 Å². The maximum atomic E-state index is 12.4. The van der Waals surface area contributed by atoms with Gasteiger partial charge >= 0.3 is 5.69 Å². The van der Waals surface area contributed by atoms with Crippen molar-refractivity contribution in [3.05, 3.63) is 42.2 Å². The fourth-order valence-corrected chi connectivity index (χ4v) is 6.04. The Kier molecular flexibility index (Phi) is 4.72. The third-order valence-electron chi connectivity index (χ3n) is 7.23. The topological polar surface area (TPSA) is 41.0 Å². The maximum absolute atomic E-state index is 12.4. The van der Waals surface area contributed by atoms with Crippen LogP contribution in [-0.4, -0.2) is 34.1 Å². The molecule has 1 aromatic heterocycles. The molecule has 1 N–H and O–H groups in total. The van der Waals surface area contributed by atoms with E-state index in [-0.39, 0.29) is 13.1 Å².